The number of nitrogens with zero attached hydrogens (tertiary/aromatic N) is 1. The zero-order chi connectivity index (χ0) is 15.8. The van der Waals surface area contributed by atoms with Crippen molar-refractivity contribution in [2.75, 3.05) is 6.54 Å². The van der Waals surface area contributed by atoms with Crippen LogP contribution in [0.15, 0.2) is 25.3 Å². The molecule has 0 radical (unpaired) electrons. The van der Waals surface area contributed by atoms with Crippen molar-refractivity contribution in [3.8, 4) is 0 Å². The van der Waals surface area contributed by atoms with Crippen LogP contribution in [0.5, 0.6) is 0 Å². The maximum atomic E-state index is 12.3. The fraction of sp³-hybridized carbons (Fsp3) is 0.647. The predicted molar refractivity (Wildman–Crippen MR) is 83.7 cm³/mol. The molecule has 0 bridgehead atoms. The number of likely N-dealkylation sites (tertiary alicyclic amines) is 1. The molecule has 1 amide bonds. The minimum atomic E-state index is -0.355. The largest absolute Gasteiger partial charge is 0.462 e. The van der Waals surface area contributed by atoms with Crippen LogP contribution in [0.3, 0.4) is 0 Å². The zero-order valence-electron chi connectivity index (χ0n) is 13.2. The number of carbonyl (C=O) groups excluding carboxylic acids is 2. The molecule has 0 saturated carbocycles. The first-order chi connectivity index (χ1) is 10.1. The van der Waals surface area contributed by atoms with Crippen molar-refractivity contribution in [1.29, 1.82) is 0 Å². The molecule has 0 spiro atoms. The van der Waals surface area contributed by atoms with E-state index in [4.69, 9.17) is 4.74 Å². The van der Waals surface area contributed by atoms with Crippen molar-refractivity contribution in [2.24, 2.45) is 5.92 Å². The molecule has 118 valence electrons. The summed E-state index contributed by atoms with van der Waals surface area (Å²) in [5, 5.41) is 0. The highest BCUT2D eigenvalue weighted by Crippen LogP contribution is 2.34. The highest BCUT2D eigenvalue weighted by atomic mass is 16.5. The Morgan fingerprint density at radius 1 is 1.38 bits per heavy atom. The Balaban J connectivity index is 2.58. The molecule has 1 aliphatic rings. The van der Waals surface area contributed by atoms with Crippen molar-refractivity contribution < 1.29 is 14.3 Å². The summed E-state index contributed by atoms with van der Waals surface area (Å²) in [5.41, 5.74) is 0. The number of amides is 1. The van der Waals surface area contributed by atoms with Gasteiger partial charge < -0.3 is 9.64 Å². The van der Waals surface area contributed by atoms with Gasteiger partial charge in [0.1, 0.15) is 6.10 Å². The average Bonchev–Trinajstić information content (AvgIpc) is 2.45. The molecule has 1 saturated heterocycles. The molecule has 21 heavy (non-hydrogen) atoms. The summed E-state index contributed by atoms with van der Waals surface area (Å²) in [6, 6.07) is 0.185. The topological polar surface area (TPSA) is 46.6 Å². The van der Waals surface area contributed by atoms with Gasteiger partial charge in [-0.15, -0.1) is 13.2 Å². The highest BCUT2D eigenvalue weighted by Gasteiger charge is 2.49. The van der Waals surface area contributed by atoms with Gasteiger partial charge in [-0.3, -0.25) is 9.59 Å². The summed E-state index contributed by atoms with van der Waals surface area (Å²) in [6.07, 6.45) is 6.84. The lowest BCUT2D eigenvalue weighted by molar-refractivity contribution is -0.173. The Hall–Kier alpha value is -1.58. The molecule has 1 aliphatic heterocycles. The lowest BCUT2D eigenvalue weighted by atomic mass is 9.80. The minimum absolute atomic E-state index is 0.0966. The number of allylic oxidation sites excluding steroid dienone is 1. The summed E-state index contributed by atoms with van der Waals surface area (Å²) in [7, 11) is 0. The second-order valence-corrected chi connectivity index (χ2v) is 5.51. The summed E-state index contributed by atoms with van der Waals surface area (Å²) < 4.78 is 5.40. The molecule has 3 atom stereocenters. The van der Waals surface area contributed by atoms with Gasteiger partial charge in [0.2, 0.25) is 5.91 Å². The minimum Gasteiger partial charge on any atom is -0.462 e. The van der Waals surface area contributed by atoms with Gasteiger partial charge in [-0.2, -0.15) is 0 Å². The number of hydrogen-bond donors (Lipinski definition) is 0. The normalized spacial score (nSPS) is 22.4. The van der Waals surface area contributed by atoms with E-state index in [2.05, 4.69) is 20.1 Å². The van der Waals surface area contributed by atoms with Crippen LogP contribution in [-0.2, 0) is 14.3 Å². The Bertz CT molecular complexity index is 391. The molecule has 1 fully saturated rings. The number of esters is 1. The third-order valence-electron chi connectivity index (χ3n) is 3.92. The van der Waals surface area contributed by atoms with Crippen LogP contribution in [0, 0.1) is 5.92 Å². The molecule has 0 N–H and O–H groups in total. The maximum absolute atomic E-state index is 12.3. The van der Waals surface area contributed by atoms with Gasteiger partial charge in [-0.1, -0.05) is 25.5 Å². The predicted octanol–water partition coefficient (Wildman–Crippen LogP) is 3.09. The second-order valence-electron chi connectivity index (χ2n) is 5.51. The molecular formula is C17H27NO3. The van der Waals surface area contributed by atoms with Crippen molar-refractivity contribution in [3.05, 3.63) is 25.3 Å². The van der Waals surface area contributed by atoms with E-state index in [-0.39, 0.29) is 29.9 Å². The third kappa shape index (κ3) is 4.45. The number of hydrogen-bond acceptors (Lipinski definition) is 3. The first-order valence-corrected chi connectivity index (χ1v) is 7.78. The molecule has 4 heteroatoms. The lowest BCUT2D eigenvalue weighted by Gasteiger charge is -2.49. The van der Waals surface area contributed by atoms with Crippen molar-refractivity contribution in [3.63, 3.8) is 0 Å². The first-order valence-electron chi connectivity index (χ1n) is 7.78. The van der Waals surface area contributed by atoms with E-state index in [0.717, 1.165) is 19.3 Å². The van der Waals surface area contributed by atoms with Crippen LogP contribution in [0.25, 0.3) is 0 Å². The van der Waals surface area contributed by atoms with E-state index in [9.17, 15) is 9.59 Å². The summed E-state index contributed by atoms with van der Waals surface area (Å²) in [4.78, 5) is 25.8. The Morgan fingerprint density at radius 2 is 2.05 bits per heavy atom. The second kappa shape index (κ2) is 8.65. The van der Waals surface area contributed by atoms with E-state index in [1.165, 1.54) is 0 Å². The molecule has 1 rings (SSSR count). The van der Waals surface area contributed by atoms with Crippen LogP contribution < -0.4 is 0 Å². The molecule has 1 heterocycles. The number of rotatable bonds is 10. The van der Waals surface area contributed by atoms with Crippen LogP contribution >= 0.6 is 0 Å². The van der Waals surface area contributed by atoms with Gasteiger partial charge >= 0.3 is 5.97 Å². The zero-order valence-corrected chi connectivity index (χ0v) is 13.2. The maximum Gasteiger partial charge on any atom is 0.306 e. The first kappa shape index (κ1) is 17.5. The van der Waals surface area contributed by atoms with Gasteiger partial charge in [0, 0.05) is 19.0 Å². The SMILES string of the molecule is C=CCCC(=O)O[C@H](C)[C@H]1C(=O)N(CCC=C)[C@@H]1CCC. The van der Waals surface area contributed by atoms with Crippen LogP contribution in [0.2, 0.25) is 0 Å². The molecule has 0 unspecified atom stereocenters. The fourth-order valence-corrected chi connectivity index (χ4v) is 2.84. The summed E-state index contributed by atoms with van der Waals surface area (Å²) in [6.45, 7) is 11.9. The van der Waals surface area contributed by atoms with Gasteiger partial charge in [0.25, 0.3) is 0 Å². The molecule has 4 nitrogen and oxygen atoms in total. The Morgan fingerprint density at radius 3 is 2.62 bits per heavy atom. The molecule has 0 aliphatic carbocycles. The van der Waals surface area contributed by atoms with Crippen LogP contribution in [0.1, 0.15) is 46.0 Å². The molecule has 0 aromatic rings. The average molecular weight is 293 g/mol. The van der Waals surface area contributed by atoms with Gasteiger partial charge in [-0.25, -0.2) is 0 Å². The summed E-state index contributed by atoms with van der Waals surface area (Å²) >= 11 is 0. The molecule has 0 aromatic heterocycles. The van der Waals surface area contributed by atoms with E-state index >= 15 is 0 Å². The monoisotopic (exact) mass is 293 g/mol. The molecular weight excluding hydrogens is 266 g/mol. The van der Waals surface area contributed by atoms with Gasteiger partial charge in [0.15, 0.2) is 0 Å². The van der Waals surface area contributed by atoms with Gasteiger partial charge in [-0.05, 0) is 26.2 Å². The molecule has 0 aromatic carbocycles. The Labute approximate surface area is 127 Å². The van der Waals surface area contributed by atoms with Crippen LogP contribution in [0.4, 0.5) is 0 Å². The van der Waals surface area contributed by atoms with E-state index < -0.39 is 0 Å². The smallest absolute Gasteiger partial charge is 0.306 e. The number of ether oxygens (including phenoxy) is 1. The number of carbonyl (C=O) groups is 2. The van der Waals surface area contributed by atoms with E-state index in [0.29, 0.717) is 19.4 Å². The Kier molecular flexibility index (Phi) is 7.20. The van der Waals surface area contributed by atoms with Crippen molar-refractivity contribution >= 4 is 11.9 Å². The highest BCUT2D eigenvalue weighted by molar-refractivity contribution is 5.87. The summed E-state index contributed by atoms with van der Waals surface area (Å²) in [5.74, 6) is -0.350. The van der Waals surface area contributed by atoms with Crippen molar-refractivity contribution in [2.45, 2.75) is 58.1 Å². The lowest BCUT2D eigenvalue weighted by Crippen LogP contribution is -2.64. The van der Waals surface area contributed by atoms with Crippen molar-refractivity contribution in [1.82, 2.24) is 4.90 Å². The van der Waals surface area contributed by atoms with E-state index in [1.54, 1.807) is 6.08 Å². The van der Waals surface area contributed by atoms with E-state index in [1.807, 2.05) is 17.9 Å². The quantitative estimate of drug-likeness (QED) is 0.353. The fourth-order valence-electron chi connectivity index (χ4n) is 2.84. The number of β-lactam (4-membered cyclic amide) rings is 1. The van der Waals surface area contributed by atoms with Gasteiger partial charge in [0.05, 0.1) is 5.92 Å². The third-order valence-corrected chi connectivity index (χ3v) is 3.92. The standard InChI is InChI=1S/C17H27NO3/c1-5-8-11-15(19)21-13(4)16-14(10-7-3)18(17(16)20)12-9-6-2/h5-6,13-14,16H,1-2,7-12H2,3-4H3/t13-,14-,16-/m1/s1. The van der Waals surface area contributed by atoms with Crippen LogP contribution in [-0.4, -0.2) is 35.5 Å².